The molecule has 13 heterocycles. The van der Waals surface area contributed by atoms with Crippen LogP contribution in [-0.2, 0) is 97.3 Å². The Morgan fingerprint density at radius 3 is 0.939 bits per heavy atom. The number of aliphatic hydroxyl groups excluding tert-OH is 10. The first-order chi connectivity index (χ1) is 69.2. The van der Waals surface area contributed by atoms with E-state index >= 15 is 0 Å². The summed E-state index contributed by atoms with van der Waals surface area (Å²) in [7, 11) is -19.2. The second-order valence-corrected chi connectivity index (χ2v) is 53.6. The van der Waals surface area contributed by atoms with E-state index < -0.39 is 184 Å². The highest BCUT2D eigenvalue weighted by molar-refractivity contribution is 8.21. The Bertz CT molecular complexity index is 6790. The van der Waals surface area contributed by atoms with E-state index in [9.17, 15) is 88.2 Å². The Hall–Kier alpha value is -8.57. The van der Waals surface area contributed by atoms with Gasteiger partial charge in [-0.25, -0.2) is 49.8 Å². The number of hydrogen-bond donors (Lipinski definition) is 20. The zero-order valence-corrected chi connectivity index (χ0v) is 87.8. The first-order valence-electron chi connectivity index (χ1n) is 44.5. The van der Waals surface area contributed by atoms with Crippen molar-refractivity contribution in [1.29, 1.82) is 0 Å². The van der Waals surface area contributed by atoms with Crippen LogP contribution in [0, 0.1) is 0 Å². The molecule has 5 aliphatic rings. The molecule has 0 radical (unpaired) electrons. The van der Waals surface area contributed by atoms with Crippen molar-refractivity contribution in [2.45, 2.75) is 177 Å². The number of imidazole rings is 4. The summed E-state index contributed by atoms with van der Waals surface area (Å²) in [6.45, 7) is 20.8. The van der Waals surface area contributed by atoms with Crippen molar-refractivity contribution in [2.24, 2.45) is 0 Å². The van der Waals surface area contributed by atoms with Gasteiger partial charge in [0.15, 0.2) is 116 Å². The summed E-state index contributed by atoms with van der Waals surface area (Å²) in [6, 6.07) is 38.9. The van der Waals surface area contributed by atoms with Crippen LogP contribution in [0.4, 0.5) is 23.3 Å². The Balaban J connectivity index is 0.000000164. The summed E-state index contributed by atoms with van der Waals surface area (Å²) < 4.78 is 116. The molecule has 796 valence electrons. The lowest BCUT2D eigenvalue weighted by atomic mass is 9.90. The smallest absolute Gasteiger partial charge is 0.400 e. The third kappa shape index (κ3) is 31.2. The normalized spacial score (nSPS) is 24.0. The lowest BCUT2D eigenvalue weighted by molar-refractivity contribution is -0.0511. The maximum absolute atomic E-state index is 11.9. The molecule has 0 amide bonds. The predicted molar refractivity (Wildman–Crippen MR) is 544 cm³/mol. The molecular formula is C85H108BCl5N20O30P6. The van der Waals surface area contributed by atoms with Gasteiger partial charge in [-0.05, 0) is 119 Å². The fourth-order valence-electron chi connectivity index (χ4n) is 14.9. The van der Waals surface area contributed by atoms with Crippen molar-refractivity contribution in [3.8, 4) is 0 Å². The highest BCUT2D eigenvalue weighted by Gasteiger charge is 2.52. The molecule has 5 saturated heterocycles. The molecule has 0 aliphatic carbocycles. The fraction of sp³-hybridized carbons (Fsp3) is 0.412. The van der Waals surface area contributed by atoms with E-state index in [4.69, 9.17) is 113 Å². The Kier molecular flexibility index (Phi) is 40.1. The molecule has 147 heavy (non-hydrogen) atoms. The number of hydrogen-bond acceptors (Lipinski definition) is 40. The van der Waals surface area contributed by atoms with Crippen molar-refractivity contribution < 1.29 is 145 Å². The number of nitrogens with one attached hydrogen (secondary N) is 4. The zero-order chi connectivity index (χ0) is 107. The summed E-state index contributed by atoms with van der Waals surface area (Å²) in [5.41, 5.74) is 6.82. The number of ether oxygens (including phenoxy) is 4. The number of halogens is 5. The molecule has 2 unspecified atom stereocenters. The Labute approximate surface area is 863 Å². The van der Waals surface area contributed by atoms with Gasteiger partial charge < -0.3 is 139 Å². The molecule has 5 fully saturated rings. The van der Waals surface area contributed by atoms with Gasteiger partial charge in [0.2, 0.25) is 5.28 Å². The molecule has 62 heteroatoms. The van der Waals surface area contributed by atoms with E-state index in [1.807, 2.05) is 156 Å². The summed E-state index contributed by atoms with van der Waals surface area (Å²) in [5, 5.41) is 114. The van der Waals surface area contributed by atoms with Crippen LogP contribution < -0.4 is 21.3 Å². The molecule has 50 nitrogen and oxygen atoms in total. The highest BCUT2D eigenvalue weighted by atomic mass is 35.9. The Morgan fingerprint density at radius 2 is 0.680 bits per heavy atom. The van der Waals surface area contributed by atoms with Crippen molar-refractivity contribution in [2.75, 3.05) is 65.4 Å². The van der Waals surface area contributed by atoms with Crippen molar-refractivity contribution in [3.05, 3.63) is 217 Å². The van der Waals surface area contributed by atoms with Crippen LogP contribution in [0.1, 0.15) is 99.3 Å². The maximum Gasteiger partial charge on any atom is 0.486 e. The van der Waals surface area contributed by atoms with E-state index in [0.29, 0.717) is 107 Å². The average molecular weight is 2260 g/mol. The van der Waals surface area contributed by atoms with Gasteiger partial charge in [-0.15, -0.1) is 6.58 Å². The second kappa shape index (κ2) is 50.3. The molecule has 8 aromatic heterocycles. The number of fused-ring (bicyclic) bond motifs is 4. The molecule has 5 aliphatic heterocycles. The number of aliphatic hydroxyl groups is 10. The fourth-order valence-corrected chi connectivity index (χ4v) is 29.2. The molecule has 18 atom stereocenters. The molecule has 0 saturated carbocycles. The van der Waals surface area contributed by atoms with E-state index in [0.717, 1.165) is 22.3 Å². The second-order valence-electron chi connectivity index (χ2n) is 34.3. The van der Waals surface area contributed by atoms with Crippen LogP contribution in [0.25, 0.3) is 56.8 Å². The average Bonchev–Trinajstić information content (AvgIpc) is 1.63. The quantitative estimate of drug-likeness (QED) is 0.0101. The minimum Gasteiger partial charge on any atom is -0.400 e. The van der Waals surface area contributed by atoms with Gasteiger partial charge in [0.1, 0.15) is 85.0 Å². The van der Waals surface area contributed by atoms with Gasteiger partial charge in [0, 0.05) is 32.6 Å². The first-order valence-corrected chi connectivity index (χ1v) is 59.4. The van der Waals surface area contributed by atoms with Gasteiger partial charge >= 0.3 is 37.5 Å². The minimum absolute atomic E-state index is 0.00607. The minimum atomic E-state index is -4.82. The molecule has 12 aromatic rings. The number of benzene rings is 4. The van der Waals surface area contributed by atoms with E-state index in [2.05, 4.69) is 101 Å². The molecule has 17 rings (SSSR count). The third-order valence-corrected chi connectivity index (χ3v) is 36.4. The van der Waals surface area contributed by atoms with Crippen LogP contribution in [0.2, 0.25) is 5.28 Å². The largest absolute Gasteiger partial charge is 0.486 e. The zero-order valence-electron chi connectivity index (χ0n) is 78.6. The van der Waals surface area contributed by atoms with E-state index in [1.54, 1.807) is 5.98 Å². The number of aromatic nitrogens is 16. The number of nitrogens with zero attached hydrogens (tertiary/aromatic N) is 16. The summed E-state index contributed by atoms with van der Waals surface area (Å²) in [5.74, 6) is -5.35. The highest BCUT2D eigenvalue weighted by Crippen LogP contribution is 2.72. The number of rotatable bonds is 34. The molecule has 0 spiro atoms. The summed E-state index contributed by atoms with van der Waals surface area (Å²) >= 11 is 26.1. The van der Waals surface area contributed by atoms with Gasteiger partial charge in [-0.2, -0.15) is 9.97 Å². The molecule has 4 aromatic carbocycles. The lowest BCUT2D eigenvalue weighted by Crippen LogP contribution is -2.41. The van der Waals surface area contributed by atoms with Gasteiger partial charge in [0.05, 0.1) is 62.9 Å². The number of aryl methyl sites for hydroxylation is 1. The van der Waals surface area contributed by atoms with Gasteiger partial charge in [0.25, 0.3) is 11.7 Å². The van der Waals surface area contributed by atoms with Crippen LogP contribution in [0.15, 0.2) is 172 Å². The lowest BCUT2D eigenvalue weighted by Gasteiger charge is -2.32. The Morgan fingerprint density at radius 1 is 0.401 bits per heavy atom. The third-order valence-electron chi connectivity index (χ3n) is 22.8. The molecule has 0 bridgehead atoms. The van der Waals surface area contributed by atoms with E-state index in [-0.39, 0.29) is 35.1 Å². The van der Waals surface area contributed by atoms with Crippen molar-refractivity contribution >= 4 is 186 Å². The van der Waals surface area contributed by atoms with Gasteiger partial charge in [-0.1, -0.05) is 147 Å². The monoisotopic (exact) mass is 2260 g/mol. The molecular weight excluding hydrogens is 2150 g/mol. The van der Waals surface area contributed by atoms with Gasteiger partial charge in [-0.3, -0.25) is 45.7 Å². The van der Waals surface area contributed by atoms with E-state index in [1.165, 1.54) is 55.7 Å². The predicted octanol–water partition coefficient (Wildman–Crippen LogP) is 9.48. The standard InChI is InChI=1S/C20H27N5O9P2.C20H25N5O9P2.C19H21N5O4.C17H18ClN5O4.C8H15BO2.CH2Cl4O2P2/c2*1-2-14-23-18(21-8-12-6-4-3-5-7-12)15-19(24-14)25(10-22-15)20-17(27)16(26)13(34-20)9-33-36(31,32)11-35(28,29)30;1-2-13-22-17(20-8-11-6-4-3-5-7-11)14-18(23-13)24(10-21-14)19-16(27)15(26)12(9-25)28-19;18-17-21-14(19-6-9-4-2-1-3-5-9)11-15(22-17)23(8-20-11)16-13(26)12(25)10(7-24)27-16;1-6-9-10-7(2,3)8(4,5)11-9;2-8(3,6)1-9(4,5)7/h3-7,10,13,16-17,20,26-27H,2,8-9,11H2,1H3,(H,31,32)(H,21,23,24)(H2,28,29,30);2-7,10,13,16-17,20,26-27H,1,8-9,11H2,(H,31,32)(H,21,23,24)(H2,28,29,30);2-7,10,12,15-16,19,25-27H,1,8-9H2,(H,20,22,23);1-5,8,10,12-13,16,24-26H,6-7H2,(H,19,21,22);6H,1H2,2-5H3;1H2/t2*13-,16-,17-,20-;12-,15-,16-,19-;10-,12-,13-,16-;;/m1111../s1. The topological polar surface area (TPSA) is 722 Å². The van der Waals surface area contributed by atoms with Crippen molar-refractivity contribution in [3.63, 3.8) is 0 Å². The van der Waals surface area contributed by atoms with Crippen LogP contribution in [-0.4, -0.2) is 294 Å². The maximum atomic E-state index is 11.9. The number of anilines is 4. The van der Waals surface area contributed by atoms with Crippen LogP contribution >= 0.6 is 98.6 Å². The van der Waals surface area contributed by atoms with Crippen LogP contribution in [0.3, 0.4) is 0 Å². The molecule has 20 N–H and O–H groups in total. The van der Waals surface area contributed by atoms with Crippen LogP contribution in [0.5, 0.6) is 0 Å². The first kappa shape index (κ1) is 117. The van der Waals surface area contributed by atoms with Crippen molar-refractivity contribution in [1.82, 2.24) is 78.1 Å². The SMILES string of the molecule is C=CB1OC(C)(C)C(C)(C)O1.C=Cc1nc(NCc2ccccc2)c2ncn([C@@H]3O[C@H](CO)[C@@H](O)[C@H]3O)c2n1.C=Cc1nc(NCc2ccccc2)c2ncn([C@@H]3O[C@H](COP(=O)(O)CP(=O)(O)O)[C@@H](O)[C@H]3O)c2n1.CCc1nc(NCc2ccccc2)c2ncn([C@@H]3O[C@H](COP(=O)(O)CP(=O)(O)O)[C@@H](O)[C@H]3O)c2n1.O=P(Cl)(Cl)CP(=O)(Cl)Cl.OC[C@H]1O[C@@H](n2cnc3c(NCc4ccccc4)nc(Cl)nc32)[C@H](O)[C@@H]1O. The summed E-state index contributed by atoms with van der Waals surface area (Å²) in [6.07, 6.45) is -10.4. The summed E-state index contributed by atoms with van der Waals surface area (Å²) in [4.78, 5) is 107.